The van der Waals surface area contributed by atoms with E-state index in [0.29, 0.717) is 24.8 Å². The van der Waals surface area contributed by atoms with Gasteiger partial charge in [-0.15, -0.1) is 0 Å². The van der Waals surface area contributed by atoms with Crippen molar-refractivity contribution in [2.45, 2.75) is 31.6 Å². The number of benzene rings is 1. The number of β-amino-alcohol motifs (C(OH)–C–C–N with tert-alkyl or cyclic N) is 1. The molecule has 3 atom stereocenters. The molecule has 1 aromatic carbocycles. The summed E-state index contributed by atoms with van der Waals surface area (Å²) in [6, 6.07) is 9.43. The first-order chi connectivity index (χ1) is 11.7. The summed E-state index contributed by atoms with van der Waals surface area (Å²) in [6.45, 7) is 3.19. The van der Waals surface area contributed by atoms with Crippen molar-refractivity contribution < 1.29 is 19.1 Å². The first kappa shape index (κ1) is 16.9. The molecule has 1 aliphatic rings. The van der Waals surface area contributed by atoms with Crippen LogP contribution in [0.5, 0.6) is 5.75 Å². The summed E-state index contributed by atoms with van der Waals surface area (Å²) in [6.07, 6.45) is 0.237. The van der Waals surface area contributed by atoms with Crippen LogP contribution >= 0.6 is 0 Å². The zero-order chi connectivity index (χ0) is 16.9. The van der Waals surface area contributed by atoms with Crippen molar-refractivity contribution in [3.63, 3.8) is 0 Å². The van der Waals surface area contributed by atoms with Crippen molar-refractivity contribution in [3.05, 3.63) is 42.0 Å². The van der Waals surface area contributed by atoms with E-state index in [1.165, 1.54) is 0 Å². The van der Waals surface area contributed by atoms with Crippen molar-refractivity contribution in [2.75, 3.05) is 26.8 Å². The zero-order valence-electron chi connectivity index (χ0n) is 14.0. The Kier molecular flexibility index (Phi) is 5.44. The standard InChI is InChI=1S/C17H23N3O4/c1-12-18-17(24-19-12)16-8-15(22-2)10-20(16)9-13(21)11-23-14-6-4-3-5-7-14/h3-7,13,15-16,21H,8-11H2,1-2H3/t13-,15+,16+/m0/s1. The van der Waals surface area contributed by atoms with E-state index < -0.39 is 6.10 Å². The van der Waals surface area contributed by atoms with Gasteiger partial charge in [0.1, 0.15) is 18.5 Å². The van der Waals surface area contributed by atoms with Crippen LogP contribution < -0.4 is 4.74 Å². The summed E-state index contributed by atoms with van der Waals surface area (Å²) in [4.78, 5) is 6.44. The normalized spacial score (nSPS) is 22.6. The van der Waals surface area contributed by atoms with Gasteiger partial charge in [-0.1, -0.05) is 23.4 Å². The molecule has 0 bridgehead atoms. The predicted molar refractivity (Wildman–Crippen MR) is 86.7 cm³/mol. The fourth-order valence-electron chi connectivity index (χ4n) is 2.97. The third-order valence-corrected chi connectivity index (χ3v) is 4.16. The topological polar surface area (TPSA) is 80.9 Å². The van der Waals surface area contributed by atoms with E-state index in [-0.39, 0.29) is 18.8 Å². The van der Waals surface area contributed by atoms with Gasteiger partial charge in [-0.2, -0.15) is 4.98 Å². The highest BCUT2D eigenvalue weighted by Crippen LogP contribution is 2.32. The van der Waals surface area contributed by atoms with Gasteiger partial charge in [0.05, 0.1) is 12.1 Å². The van der Waals surface area contributed by atoms with Crippen LogP contribution in [-0.2, 0) is 4.74 Å². The Hall–Kier alpha value is -1.96. The average Bonchev–Trinajstić information content (AvgIpc) is 3.20. The fraction of sp³-hybridized carbons (Fsp3) is 0.529. The molecule has 3 rings (SSSR count). The largest absolute Gasteiger partial charge is 0.491 e. The molecule has 0 radical (unpaired) electrons. The first-order valence-corrected chi connectivity index (χ1v) is 8.08. The van der Waals surface area contributed by atoms with Gasteiger partial charge < -0.3 is 19.1 Å². The van der Waals surface area contributed by atoms with E-state index in [0.717, 1.165) is 12.2 Å². The lowest BCUT2D eigenvalue weighted by molar-refractivity contribution is 0.0527. The molecule has 1 aliphatic heterocycles. The van der Waals surface area contributed by atoms with E-state index in [1.54, 1.807) is 14.0 Å². The van der Waals surface area contributed by atoms with Crippen LogP contribution in [0.4, 0.5) is 0 Å². The molecule has 0 saturated carbocycles. The molecule has 0 aliphatic carbocycles. The van der Waals surface area contributed by atoms with Gasteiger partial charge in [-0.3, -0.25) is 4.90 Å². The van der Waals surface area contributed by atoms with Crippen molar-refractivity contribution >= 4 is 0 Å². The van der Waals surface area contributed by atoms with E-state index in [9.17, 15) is 5.11 Å². The second-order valence-electron chi connectivity index (χ2n) is 6.02. The molecule has 7 nitrogen and oxygen atoms in total. The molecule has 7 heteroatoms. The summed E-state index contributed by atoms with van der Waals surface area (Å²) >= 11 is 0. The van der Waals surface area contributed by atoms with Crippen molar-refractivity contribution in [3.8, 4) is 5.75 Å². The summed E-state index contributed by atoms with van der Waals surface area (Å²) in [5, 5.41) is 14.2. The lowest BCUT2D eigenvalue weighted by Gasteiger charge is -2.24. The number of ether oxygens (including phenoxy) is 2. The monoisotopic (exact) mass is 333 g/mol. The van der Waals surface area contributed by atoms with Gasteiger partial charge in [0, 0.05) is 20.2 Å². The zero-order valence-corrected chi connectivity index (χ0v) is 14.0. The van der Waals surface area contributed by atoms with Crippen molar-refractivity contribution in [2.24, 2.45) is 0 Å². The van der Waals surface area contributed by atoms with E-state index in [4.69, 9.17) is 14.0 Å². The van der Waals surface area contributed by atoms with E-state index in [2.05, 4.69) is 15.0 Å². The first-order valence-electron chi connectivity index (χ1n) is 8.08. The van der Waals surface area contributed by atoms with Gasteiger partial charge >= 0.3 is 0 Å². The van der Waals surface area contributed by atoms with E-state index in [1.807, 2.05) is 30.3 Å². The number of aliphatic hydroxyl groups excluding tert-OH is 1. The SMILES string of the molecule is CO[C@@H]1C[C@H](c2nc(C)no2)N(C[C@H](O)COc2ccccc2)C1. The number of hydrogen-bond donors (Lipinski definition) is 1. The molecule has 1 N–H and O–H groups in total. The number of aromatic nitrogens is 2. The highest BCUT2D eigenvalue weighted by Gasteiger charge is 2.37. The number of rotatable bonds is 7. The Labute approximate surface area is 141 Å². The van der Waals surface area contributed by atoms with Crippen LogP contribution in [0.25, 0.3) is 0 Å². The predicted octanol–water partition coefficient (Wildman–Crippen LogP) is 1.58. The number of para-hydroxylation sites is 1. The molecule has 0 amide bonds. The maximum atomic E-state index is 10.3. The molecule has 2 aromatic rings. The molecule has 0 unspecified atom stereocenters. The molecule has 0 spiro atoms. The van der Waals surface area contributed by atoms with Gasteiger partial charge in [-0.05, 0) is 25.5 Å². The highest BCUT2D eigenvalue weighted by atomic mass is 16.5. The minimum atomic E-state index is -0.618. The van der Waals surface area contributed by atoms with Gasteiger partial charge in [-0.25, -0.2) is 0 Å². The average molecular weight is 333 g/mol. The van der Waals surface area contributed by atoms with Gasteiger partial charge in [0.25, 0.3) is 0 Å². The number of nitrogens with zero attached hydrogens (tertiary/aromatic N) is 3. The van der Waals surface area contributed by atoms with Crippen molar-refractivity contribution in [1.29, 1.82) is 0 Å². The quantitative estimate of drug-likeness (QED) is 0.824. The van der Waals surface area contributed by atoms with Crippen LogP contribution in [0, 0.1) is 6.92 Å². The molecular formula is C17H23N3O4. The van der Waals surface area contributed by atoms with Crippen LogP contribution in [-0.4, -0.2) is 59.2 Å². The maximum Gasteiger partial charge on any atom is 0.244 e. The second-order valence-corrected chi connectivity index (χ2v) is 6.02. The number of aryl methyl sites for hydroxylation is 1. The third kappa shape index (κ3) is 4.11. The summed E-state index contributed by atoms with van der Waals surface area (Å²) in [5.41, 5.74) is 0. The molecule has 1 saturated heterocycles. The number of hydrogen-bond acceptors (Lipinski definition) is 7. The molecule has 1 fully saturated rings. The fourth-order valence-corrected chi connectivity index (χ4v) is 2.97. The molecule has 1 aromatic heterocycles. The van der Waals surface area contributed by atoms with Gasteiger partial charge in [0.2, 0.25) is 5.89 Å². The lowest BCUT2D eigenvalue weighted by Crippen LogP contribution is -2.36. The minimum Gasteiger partial charge on any atom is -0.491 e. The Morgan fingerprint density at radius 3 is 2.83 bits per heavy atom. The Morgan fingerprint density at radius 1 is 1.38 bits per heavy atom. The highest BCUT2D eigenvalue weighted by molar-refractivity contribution is 5.20. The summed E-state index contributed by atoms with van der Waals surface area (Å²) in [5.74, 6) is 1.93. The van der Waals surface area contributed by atoms with Gasteiger partial charge in [0.15, 0.2) is 5.82 Å². The maximum absolute atomic E-state index is 10.3. The minimum absolute atomic E-state index is 0.0393. The Morgan fingerprint density at radius 2 is 2.17 bits per heavy atom. The lowest BCUT2D eigenvalue weighted by atomic mass is 10.2. The van der Waals surface area contributed by atoms with Crippen LogP contribution in [0.15, 0.2) is 34.9 Å². The number of likely N-dealkylation sites (tertiary alicyclic amines) is 1. The van der Waals surface area contributed by atoms with Crippen LogP contribution in [0.2, 0.25) is 0 Å². The molecule has 130 valence electrons. The van der Waals surface area contributed by atoms with Crippen LogP contribution in [0.3, 0.4) is 0 Å². The van der Waals surface area contributed by atoms with Crippen LogP contribution in [0.1, 0.15) is 24.2 Å². The summed E-state index contributed by atoms with van der Waals surface area (Å²) in [7, 11) is 1.69. The molecule has 24 heavy (non-hydrogen) atoms. The molecule has 2 heterocycles. The second kappa shape index (κ2) is 7.74. The van der Waals surface area contributed by atoms with E-state index >= 15 is 0 Å². The van der Waals surface area contributed by atoms with Crippen molar-refractivity contribution in [1.82, 2.24) is 15.0 Å². The smallest absolute Gasteiger partial charge is 0.244 e. The third-order valence-electron chi connectivity index (χ3n) is 4.16. The Bertz CT molecular complexity index is 634. The Balaban J connectivity index is 1.58. The summed E-state index contributed by atoms with van der Waals surface area (Å²) < 4.78 is 16.4. The molecular weight excluding hydrogens is 310 g/mol. The number of methoxy groups -OCH3 is 1. The number of aliphatic hydroxyl groups is 1.